The van der Waals surface area contributed by atoms with E-state index >= 15 is 0 Å². The Hall–Kier alpha value is -2.20. The van der Waals surface area contributed by atoms with E-state index < -0.39 is 0 Å². The zero-order valence-corrected chi connectivity index (χ0v) is 12.5. The monoisotopic (exact) mass is 287 g/mol. The molecule has 0 amide bonds. The lowest BCUT2D eigenvalue weighted by Gasteiger charge is -2.20. The standard InChI is InChI=1S/C17H21NO3/c1-4-6-16(18-12-14-7-5-10-21-14)15-9-8-13(19-2)11-17(15)20-3/h4-5,7-11,16,18H,1,6,12H2,2-3H3/t16-/m0/s1. The van der Waals surface area contributed by atoms with Crippen LogP contribution in [0.2, 0.25) is 0 Å². The molecule has 1 aromatic heterocycles. The molecule has 1 aromatic carbocycles. The minimum Gasteiger partial charge on any atom is -0.497 e. The Balaban J connectivity index is 2.18. The highest BCUT2D eigenvalue weighted by Crippen LogP contribution is 2.31. The van der Waals surface area contributed by atoms with Crippen molar-refractivity contribution in [2.75, 3.05) is 14.2 Å². The summed E-state index contributed by atoms with van der Waals surface area (Å²) in [5.41, 5.74) is 1.07. The second-order valence-electron chi connectivity index (χ2n) is 4.65. The van der Waals surface area contributed by atoms with E-state index in [-0.39, 0.29) is 6.04 Å². The Bertz CT molecular complexity index is 563. The van der Waals surface area contributed by atoms with Crippen LogP contribution < -0.4 is 14.8 Å². The second kappa shape index (κ2) is 7.55. The number of hydrogen-bond acceptors (Lipinski definition) is 4. The van der Waals surface area contributed by atoms with Gasteiger partial charge in [0.15, 0.2) is 0 Å². The van der Waals surface area contributed by atoms with E-state index in [1.807, 2.05) is 36.4 Å². The van der Waals surface area contributed by atoms with Crippen molar-refractivity contribution in [3.8, 4) is 11.5 Å². The summed E-state index contributed by atoms with van der Waals surface area (Å²) in [5, 5.41) is 3.47. The lowest BCUT2D eigenvalue weighted by molar-refractivity contribution is 0.381. The number of rotatable bonds is 8. The lowest BCUT2D eigenvalue weighted by atomic mass is 10.0. The summed E-state index contributed by atoms with van der Waals surface area (Å²) in [5.74, 6) is 2.48. The lowest BCUT2D eigenvalue weighted by Crippen LogP contribution is -2.20. The molecule has 0 saturated heterocycles. The van der Waals surface area contributed by atoms with Crippen LogP contribution in [0.4, 0.5) is 0 Å². The predicted octanol–water partition coefficient (Wildman–Crippen LogP) is 3.70. The van der Waals surface area contributed by atoms with E-state index in [9.17, 15) is 0 Å². The zero-order chi connectivity index (χ0) is 15.1. The molecule has 0 fully saturated rings. The molecule has 0 saturated carbocycles. The van der Waals surface area contributed by atoms with Crippen LogP contribution in [0, 0.1) is 0 Å². The van der Waals surface area contributed by atoms with E-state index in [1.165, 1.54) is 0 Å². The Morgan fingerprint density at radius 3 is 2.76 bits per heavy atom. The average Bonchev–Trinajstić information content (AvgIpc) is 3.04. The summed E-state index contributed by atoms with van der Waals surface area (Å²) >= 11 is 0. The van der Waals surface area contributed by atoms with Crippen molar-refractivity contribution >= 4 is 0 Å². The predicted molar refractivity (Wildman–Crippen MR) is 82.6 cm³/mol. The maximum absolute atomic E-state index is 5.47. The molecule has 112 valence electrons. The number of hydrogen-bond donors (Lipinski definition) is 1. The third-order valence-corrected chi connectivity index (χ3v) is 3.32. The van der Waals surface area contributed by atoms with E-state index in [2.05, 4.69) is 11.9 Å². The number of benzene rings is 1. The maximum atomic E-state index is 5.47. The van der Waals surface area contributed by atoms with Crippen LogP contribution in [-0.4, -0.2) is 14.2 Å². The van der Waals surface area contributed by atoms with Gasteiger partial charge in [0.05, 0.1) is 27.0 Å². The first kappa shape index (κ1) is 15.2. The van der Waals surface area contributed by atoms with Crippen LogP contribution in [0.1, 0.15) is 23.8 Å². The highest BCUT2D eigenvalue weighted by Gasteiger charge is 2.15. The van der Waals surface area contributed by atoms with Crippen molar-refractivity contribution in [2.45, 2.75) is 19.0 Å². The minimum absolute atomic E-state index is 0.105. The molecule has 0 unspecified atom stereocenters. The summed E-state index contributed by atoms with van der Waals surface area (Å²) < 4.78 is 16.1. The smallest absolute Gasteiger partial charge is 0.127 e. The van der Waals surface area contributed by atoms with Crippen LogP contribution >= 0.6 is 0 Å². The fourth-order valence-corrected chi connectivity index (χ4v) is 2.23. The van der Waals surface area contributed by atoms with Crippen molar-refractivity contribution in [3.05, 3.63) is 60.6 Å². The summed E-state index contributed by atoms with van der Waals surface area (Å²) in [4.78, 5) is 0. The van der Waals surface area contributed by atoms with Crippen LogP contribution in [0.5, 0.6) is 11.5 Å². The van der Waals surface area contributed by atoms with E-state index in [1.54, 1.807) is 20.5 Å². The molecule has 0 spiro atoms. The van der Waals surface area contributed by atoms with Gasteiger partial charge in [0.25, 0.3) is 0 Å². The van der Waals surface area contributed by atoms with Crippen molar-refractivity contribution in [1.29, 1.82) is 0 Å². The van der Waals surface area contributed by atoms with Gasteiger partial charge in [-0.05, 0) is 24.6 Å². The zero-order valence-electron chi connectivity index (χ0n) is 12.5. The van der Waals surface area contributed by atoms with Gasteiger partial charge in [-0.3, -0.25) is 0 Å². The van der Waals surface area contributed by atoms with Crippen molar-refractivity contribution < 1.29 is 13.9 Å². The molecule has 1 atom stereocenters. The normalized spacial score (nSPS) is 11.9. The number of methoxy groups -OCH3 is 2. The van der Waals surface area contributed by atoms with Gasteiger partial charge in [0.2, 0.25) is 0 Å². The van der Waals surface area contributed by atoms with Gasteiger partial charge in [0.1, 0.15) is 17.3 Å². The van der Waals surface area contributed by atoms with Gasteiger partial charge in [-0.1, -0.05) is 12.1 Å². The maximum Gasteiger partial charge on any atom is 0.127 e. The Morgan fingerprint density at radius 1 is 1.29 bits per heavy atom. The second-order valence-corrected chi connectivity index (χ2v) is 4.65. The molecule has 0 aliphatic carbocycles. The van der Waals surface area contributed by atoms with Crippen LogP contribution in [0.15, 0.2) is 53.7 Å². The van der Waals surface area contributed by atoms with Gasteiger partial charge in [-0.15, -0.1) is 6.58 Å². The topological polar surface area (TPSA) is 43.6 Å². The summed E-state index contributed by atoms with van der Waals surface area (Å²) in [6, 6.07) is 9.77. The molecule has 4 nitrogen and oxygen atoms in total. The highest BCUT2D eigenvalue weighted by molar-refractivity contribution is 5.42. The van der Waals surface area contributed by atoms with Crippen molar-refractivity contribution in [2.24, 2.45) is 0 Å². The van der Waals surface area contributed by atoms with E-state index in [0.29, 0.717) is 6.54 Å². The molecule has 4 heteroatoms. The SMILES string of the molecule is C=CC[C@H](NCc1ccco1)c1ccc(OC)cc1OC. The first-order chi connectivity index (χ1) is 10.3. The largest absolute Gasteiger partial charge is 0.497 e. The fraction of sp³-hybridized carbons (Fsp3) is 0.294. The average molecular weight is 287 g/mol. The molecule has 0 radical (unpaired) electrons. The van der Waals surface area contributed by atoms with Crippen LogP contribution in [0.25, 0.3) is 0 Å². The summed E-state index contributed by atoms with van der Waals surface area (Å²) in [7, 11) is 3.31. The molecule has 1 N–H and O–H groups in total. The Labute approximate surface area is 125 Å². The van der Waals surface area contributed by atoms with E-state index in [0.717, 1.165) is 29.2 Å². The minimum atomic E-state index is 0.105. The quantitative estimate of drug-likeness (QED) is 0.752. The Morgan fingerprint density at radius 2 is 2.14 bits per heavy atom. The summed E-state index contributed by atoms with van der Waals surface area (Å²) in [6.45, 7) is 4.48. The van der Waals surface area contributed by atoms with Crippen molar-refractivity contribution in [1.82, 2.24) is 5.32 Å². The molecule has 0 aliphatic rings. The number of ether oxygens (including phenoxy) is 2. The van der Waals surface area contributed by atoms with Gasteiger partial charge in [0, 0.05) is 17.7 Å². The molecule has 2 rings (SSSR count). The molecule has 0 bridgehead atoms. The van der Waals surface area contributed by atoms with Crippen LogP contribution in [0.3, 0.4) is 0 Å². The van der Waals surface area contributed by atoms with E-state index in [4.69, 9.17) is 13.9 Å². The van der Waals surface area contributed by atoms with Crippen LogP contribution in [-0.2, 0) is 6.54 Å². The number of nitrogens with one attached hydrogen (secondary N) is 1. The molecular weight excluding hydrogens is 266 g/mol. The first-order valence-electron chi connectivity index (χ1n) is 6.87. The third-order valence-electron chi connectivity index (χ3n) is 3.32. The van der Waals surface area contributed by atoms with Gasteiger partial charge < -0.3 is 19.2 Å². The molecule has 2 aromatic rings. The summed E-state index contributed by atoms with van der Waals surface area (Å²) in [6.07, 6.45) is 4.36. The van der Waals surface area contributed by atoms with Crippen molar-refractivity contribution in [3.63, 3.8) is 0 Å². The van der Waals surface area contributed by atoms with Gasteiger partial charge in [-0.2, -0.15) is 0 Å². The fourth-order valence-electron chi connectivity index (χ4n) is 2.23. The molecule has 1 heterocycles. The van der Waals surface area contributed by atoms with Gasteiger partial charge >= 0.3 is 0 Å². The molecule has 0 aliphatic heterocycles. The van der Waals surface area contributed by atoms with Gasteiger partial charge in [-0.25, -0.2) is 0 Å². The molecule has 21 heavy (non-hydrogen) atoms. The third kappa shape index (κ3) is 3.89. The first-order valence-corrected chi connectivity index (χ1v) is 6.87. The highest BCUT2D eigenvalue weighted by atomic mass is 16.5. The Kier molecular flexibility index (Phi) is 5.46. The number of furan rings is 1. The molecular formula is C17H21NO3.